The quantitative estimate of drug-likeness (QED) is 0.902. The number of nitrogen functional groups attached to an aromatic ring is 1. The molecule has 2 fully saturated rings. The van der Waals surface area contributed by atoms with Crippen LogP contribution in [0.2, 0.25) is 0 Å². The highest BCUT2D eigenvalue weighted by molar-refractivity contribution is 5.24. The third-order valence-corrected chi connectivity index (χ3v) is 4.34. The molecule has 2 N–H and O–H groups in total. The van der Waals surface area contributed by atoms with Crippen LogP contribution in [0.5, 0.6) is 0 Å². The van der Waals surface area contributed by atoms with Crippen LogP contribution in [-0.2, 0) is 4.74 Å². The van der Waals surface area contributed by atoms with Crippen molar-refractivity contribution < 1.29 is 4.74 Å². The van der Waals surface area contributed by atoms with E-state index < -0.39 is 0 Å². The Bertz CT molecular complexity index is 411. The minimum atomic E-state index is 0.451. The Morgan fingerprint density at radius 2 is 2.11 bits per heavy atom. The molecule has 2 atom stereocenters. The average molecular weight is 264 g/mol. The summed E-state index contributed by atoms with van der Waals surface area (Å²) in [5.74, 6) is 0.621. The van der Waals surface area contributed by atoms with E-state index in [1.165, 1.54) is 12.8 Å². The molecule has 1 aromatic rings. The van der Waals surface area contributed by atoms with Gasteiger partial charge in [-0.25, -0.2) is 0 Å². The second-order valence-electron chi connectivity index (χ2n) is 5.90. The third kappa shape index (κ3) is 3.09. The molecule has 0 saturated carbocycles. The molecule has 0 bridgehead atoms. The van der Waals surface area contributed by atoms with Crippen LogP contribution in [0.3, 0.4) is 0 Å². The van der Waals surface area contributed by atoms with Crippen LogP contribution in [0.1, 0.15) is 38.6 Å². The number of aromatic nitrogens is 2. The molecule has 2 unspecified atom stereocenters. The number of nitrogens with two attached hydrogens (primary N) is 1. The zero-order chi connectivity index (χ0) is 13.2. The van der Waals surface area contributed by atoms with Crippen LogP contribution >= 0.6 is 0 Å². The summed E-state index contributed by atoms with van der Waals surface area (Å²) in [5.41, 5.74) is 5.68. The van der Waals surface area contributed by atoms with Crippen LogP contribution in [-0.4, -0.2) is 46.5 Å². The Balaban J connectivity index is 1.47. The lowest BCUT2D eigenvalue weighted by Gasteiger charge is -2.33. The Morgan fingerprint density at radius 3 is 2.68 bits per heavy atom. The molecule has 106 valence electrons. The highest BCUT2D eigenvalue weighted by Gasteiger charge is 2.27. The van der Waals surface area contributed by atoms with Crippen LogP contribution < -0.4 is 5.73 Å². The Morgan fingerprint density at radius 1 is 1.32 bits per heavy atom. The SMILES string of the molecule is CC1CCC(CN2CCC(n3ccc(N)n3)CC2)O1. The second kappa shape index (κ2) is 5.51. The molecule has 19 heavy (non-hydrogen) atoms. The van der Waals surface area contributed by atoms with Crippen LogP contribution in [0.4, 0.5) is 5.82 Å². The van der Waals surface area contributed by atoms with Gasteiger partial charge in [0.05, 0.1) is 18.2 Å². The van der Waals surface area contributed by atoms with Crippen molar-refractivity contribution in [3.8, 4) is 0 Å². The lowest BCUT2D eigenvalue weighted by molar-refractivity contribution is 0.0240. The minimum Gasteiger partial charge on any atom is -0.382 e. The molecule has 3 rings (SSSR count). The number of anilines is 1. The first-order valence-corrected chi connectivity index (χ1v) is 7.39. The highest BCUT2D eigenvalue weighted by atomic mass is 16.5. The molecule has 0 radical (unpaired) electrons. The predicted molar refractivity (Wildman–Crippen MR) is 74.9 cm³/mol. The van der Waals surface area contributed by atoms with E-state index in [9.17, 15) is 0 Å². The molecule has 2 saturated heterocycles. The molecule has 2 aliphatic heterocycles. The number of ether oxygens (including phenoxy) is 1. The van der Waals surface area contributed by atoms with E-state index in [0.29, 0.717) is 24.1 Å². The van der Waals surface area contributed by atoms with Gasteiger partial charge >= 0.3 is 0 Å². The summed E-state index contributed by atoms with van der Waals surface area (Å²) >= 11 is 0. The summed E-state index contributed by atoms with van der Waals surface area (Å²) < 4.78 is 7.93. The van der Waals surface area contributed by atoms with Crippen molar-refractivity contribution >= 4 is 5.82 Å². The number of piperidine rings is 1. The lowest BCUT2D eigenvalue weighted by Crippen LogP contribution is -2.39. The highest BCUT2D eigenvalue weighted by Crippen LogP contribution is 2.25. The van der Waals surface area contributed by atoms with Crippen LogP contribution in [0, 0.1) is 0 Å². The monoisotopic (exact) mass is 264 g/mol. The van der Waals surface area contributed by atoms with Gasteiger partial charge in [-0.05, 0) is 38.7 Å². The van der Waals surface area contributed by atoms with Crippen molar-refractivity contribution in [1.29, 1.82) is 0 Å². The molecular weight excluding hydrogens is 240 g/mol. The largest absolute Gasteiger partial charge is 0.382 e. The van der Waals surface area contributed by atoms with Gasteiger partial charge in [-0.1, -0.05) is 0 Å². The summed E-state index contributed by atoms with van der Waals surface area (Å²) in [5, 5.41) is 4.32. The summed E-state index contributed by atoms with van der Waals surface area (Å²) in [4.78, 5) is 2.53. The van der Waals surface area contributed by atoms with E-state index in [1.54, 1.807) is 0 Å². The van der Waals surface area contributed by atoms with Gasteiger partial charge < -0.3 is 15.4 Å². The molecule has 0 spiro atoms. The molecule has 0 aliphatic carbocycles. The fourth-order valence-corrected chi connectivity index (χ4v) is 3.23. The number of hydrogen-bond acceptors (Lipinski definition) is 4. The zero-order valence-electron chi connectivity index (χ0n) is 11.7. The van der Waals surface area contributed by atoms with Gasteiger partial charge in [0.25, 0.3) is 0 Å². The molecular formula is C14H24N4O. The van der Waals surface area contributed by atoms with E-state index in [4.69, 9.17) is 10.5 Å². The van der Waals surface area contributed by atoms with E-state index in [2.05, 4.69) is 16.9 Å². The van der Waals surface area contributed by atoms with Crippen molar-refractivity contribution in [3.63, 3.8) is 0 Å². The number of hydrogen-bond donors (Lipinski definition) is 1. The Hall–Kier alpha value is -1.07. The van der Waals surface area contributed by atoms with E-state index in [-0.39, 0.29) is 0 Å². The Kier molecular flexibility index (Phi) is 3.75. The summed E-state index contributed by atoms with van der Waals surface area (Å²) in [6.45, 7) is 5.55. The zero-order valence-corrected chi connectivity index (χ0v) is 11.7. The predicted octanol–water partition coefficient (Wildman–Crippen LogP) is 1.67. The summed E-state index contributed by atoms with van der Waals surface area (Å²) in [6.07, 6.45) is 7.65. The summed E-state index contributed by atoms with van der Waals surface area (Å²) in [6, 6.07) is 2.39. The average Bonchev–Trinajstić information content (AvgIpc) is 3.00. The normalized spacial score (nSPS) is 29.9. The standard InChI is InChI=1S/C14H24N4O/c1-11-2-3-13(19-11)10-17-7-4-12(5-8-17)18-9-6-14(15)16-18/h6,9,11-13H,2-5,7-8,10H2,1H3,(H2,15,16). The molecule has 0 aromatic carbocycles. The second-order valence-corrected chi connectivity index (χ2v) is 5.90. The molecule has 2 aliphatic rings. The van der Waals surface area contributed by atoms with Crippen molar-refractivity contribution in [1.82, 2.24) is 14.7 Å². The number of nitrogens with zero attached hydrogens (tertiary/aromatic N) is 3. The fourth-order valence-electron chi connectivity index (χ4n) is 3.23. The fraction of sp³-hybridized carbons (Fsp3) is 0.786. The first kappa shape index (κ1) is 12.9. The molecule has 3 heterocycles. The first-order valence-electron chi connectivity index (χ1n) is 7.39. The number of rotatable bonds is 3. The third-order valence-electron chi connectivity index (χ3n) is 4.34. The van der Waals surface area contributed by atoms with Crippen molar-refractivity contribution in [2.75, 3.05) is 25.4 Å². The van der Waals surface area contributed by atoms with Gasteiger partial charge in [0.15, 0.2) is 0 Å². The van der Waals surface area contributed by atoms with Gasteiger partial charge in [0.1, 0.15) is 5.82 Å². The van der Waals surface area contributed by atoms with Gasteiger partial charge in [-0.15, -0.1) is 0 Å². The maximum absolute atomic E-state index is 5.90. The van der Waals surface area contributed by atoms with Crippen LogP contribution in [0.25, 0.3) is 0 Å². The van der Waals surface area contributed by atoms with Crippen molar-refractivity contribution in [3.05, 3.63) is 12.3 Å². The van der Waals surface area contributed by atoms with E-state index in [1.807, 2.05) is 16.9 Å². The van der Waals surface area contributed by atoms with Crippen molar-refractivity contribution in [2.24, 2.45) is 0 Å². The van der Waals surface area contributed by atoms with Crippen LogP contribution in [0.15, 0.2) is 12.3 Å². The first-order chi connectivity index (χ1) is 9.20. The van der Waals surface area contributed by atoms with Gasteiger partial charge in [0.2, 0.25) is 0 Å². The molecule has 5 nitrogen and oxygen atoms in total. The van der Waals surface area contributed by atoms with E-state index >= 15 is 0 Å². The number of likely N-dealkylation sites (tertiary alicyclic amines) is 1. The van der Waals surface area contributed by atoms with Gasteiger partial charge in [0, 0.05) is 25.8 Å². The maximum Gasteiger partial charge on any atom is 0.145 e. The Labute approximate surface area is 114 Å². The topological polar surface area (TPSA) is 56.3 Å². The lowest BCUT2D eigenvalue weighted by atomic mass is 10.0. The van der Waals surface area contributed by atoms with Gasteiger partial charge in [-0.3, -0.25) is 4.68 Å². The maximum atomic E-state index is 5.90. The molecule has 1 aromatic heterocycles. The van der Waals surface area contributed by atoms with Crippen molar-refractivity contribution in [2.45, 2.75) is 50.9 Å². The van der Waals surface area contributed by atoms with E-state index in [0.717, 1.165) is 32.5 Å². The molecule has 0 amide bonds. The smallest absolute Gasteiger partial charge is 0.145 e. The van der Waals surface area contributed by atoms with Gasteiger partial charge in [-0.2, -0.15) is 5.10 Å². The minimum absolute atomic E-state index is 0.451. The molecule has 5 heteroatoms. The summed E-state index contributed by atoms with van der Waals surface area (Å²) in [7, 11) is 0.